The summed E-state index contributed by atoms with van der Waals surface area (Å²) in [5, 5.41) is 5.85. The second-order valence-corrected chi connectivity index (χ2v) is 9.28. The average Bonchev–Trinajstić information content (AvgIpc) is 2.98. The van der Waals surface area contributed by atoms with Crippen LogP contribution in [0.3, 0.4) is 0 Å². The lowest BCUT2D eigenvalue weighted by atomic mass is 10.2. The minimum Gasteiger partial charge on any atom is -0.490 e. The SMILES string of the molecule is CCOc1cc(/C=C2\SC(=S)NC2=O)cc(I)c1OCC(=O)Nc1cccc(Cl)c1. The van der Waals surface area contributed by atoms with E-state index in [-0.39, 0.29) is 18.4 Å². The van der Waals surface area contributed by atoms with Gasteiger partial charge in [-0.1, -0.05) is 41.6 Å². The first-order chi connectivity index (χ1) is 14.4. The number of hydrogen-bond donors (Lipinski definition) is 2. The van der Waals surface area contributed by atoms with Crippen LogP contribution in [0.1, 0.15) is 12.5 Å². The van der Waals surface area contributed by atoms with Crippen molar-refractivity contribution in [3.05, 3.63) is 55.5 Å². The van der Waals surface area contributed by atoms with Crippen LogP contribution in [0.5, 0.6) is 11.5 Å². The van der Waals surface area contributed by atoms with Gasteiger partial charge >= 0.3 is 0 Å². The van der Waals surface area contributed by atoms with E-state index in [4.69, 9.17) is 33.3 Å². The number of hydrogen-bond acceptors (Lipinski definition) is 6. The van der Waals surface area contributed by atoms with Gasteiger partial charge in [-0.05, 0) is 71.5 Å². The third-order valence-electron chi connectivity index (χ3n) is 3.73. The van der Waals surface area contributed by atoms with E-state index in [1.54, 1.807) is 36.4 Å². The van der Waals surface area contributed by atoms with Crippen LogP contribution in [-0.2, 0) is 9.59 Å². The standard InChI is InChI=1S/C20H16ClIN2O4S2/c1-2-27-15-7-11(8-16-19(26)24-20(29)30-16)6-14(22)18(15)28-10-17(25)23-13-5-3-4-12(21)9-13/h3-9H,2,10H2,1H3,(H,23,25)(H,24,26,29)/b16-8-. The van der Waals surface area contributed by atoms with Crippen LogP contribution in [0, 0.1) is 3.57 Å². The van der Waals surface area contributed by atoms with Crippen molar-refractivity contribution in [3.63, 3.8) is 0 Å². The second-order valence-electron chi connectivity index (χ2n) is 5.96. The molecule has 30 heavy (non-hydrogen) atoms. The molecular formula is C20H16ClIN2O4S2. The molecule has 10 heteroatoms. The first-order valence-electron chi connectivity index (χ1n) is 8.75. The minimum atomic E-state index is -0.325. The number of rotatable bonds is 7. The number of anilines is 1. The van der Waals surface area contributed by atoms with E-state index >= 15 is 0 Å². The lowest BCUT2D eigenvalue weighted by Crippen LogP contribution is -2.20. The third-order valence-corrected chi connectivity index (χ3v) is 5.93. The molecule has 3 rings (SSSR count). The Hall–Kier alpha value is -1.82. The van der Waals surface area contributed by atoms with E-state index in [1.807, 2.05) is 13.0 Å². The van der Waals surface area contributed by atoms with Crippen LogP contribution >= 0.6 is 58.2 Å². The average molecular weight is 575 g/mol. The summed E-state index contributed by atoms with van der Waals surface area (Å²) in [6, 6.07) is 10.5. The predicted molar refractivity (Wildman–Crippen MR) is 132 cm³/mol. The summed E-state index contributed by atoms with van der Waals surface area (Å²) in [5.74, 6) is 0.392. The summed E-state index contributed by atoms with van der Waals surface area (Å²) in [7, 11) is 0. The lowest BCUT2D eigenvalue weighted by Gasteiger charge is -2.15. The highest BCUT2D eigenvalue weighted by Gasteiger charge is 2.22. The molecule has 1 heterocycles. The van der Waals surface area contributed by atoms with Gasteiger partial charge < -0.3 is 20.1 Å². The van der Waals surface area contributed by atoms with Crippen molar-refractivity contribution in [2.24, 2.45) is 0 Å². The normalized spacial score (nSPS) is 14.6. The molecule has 0 atom stereocenters. The van der Waals surface area contributed by atoms with Gasteiger partial charge in [-0.3, -0.25) is 9.59 Å². The zero-order chi connectivity index (χ0) is 21.7. The Morgan fingerprint density at radius 3 is 2.80 bits per heavy atom. The number of halogens is 2. The molecule has 6 nitrogen and oxygen atoms in total. The van der Waals surface area contributed by atoms with Gasteiger partial charge in [-0.25, -0.2) is 0 Å². The number of nitrogens with one attached hydrogen (secondary N) is 2. The van der Waals surface area contributed by atoms with Crippen LogP contribution < -0.4 is 20.1 Å². The van der Waals surface area contributed by atoms with Gasteiger partial charge in [0.2, 0.25) is 0 Å². The maximum Gasteiger partial charge on any atom is 0.263 e. The van der Waals surface area contributed by atoms with Crippen LogP contribution in [-0.4, -0.2) is 29.3 Å². The van der Waals surface area contributed by atoms with Crippen LogP contribution in [0.15, 0.2) is 41.3 Å². The highest BCUT2D eigenvalue weighted by molar-refractivity contribution is 14.1. The van der Waals surface area contributed by atoms with E-state index in [0.717, 1.165) is 9.13 Å². The first kappa shape index (κ1) is 22.9. The van der Waals surface area contributed by atoms with Gasteiger partial charge in [0.25, 0.3) is 11.8 Å². The van der Waals surface area contributed by atoms with Crippen molar-refractivity contribution in [1.82, 2.24) is 5.32 Å². The molecule has 1 aliphatic rings. The van der Waals surface area contributed by atoms with E-state index in [9.17, 15) is 9.59 Å². The maximum atomic E-state index is 12.3. The van der Waals surface area contributed by atoms with Crippen molar-refractivity contribution in [3.8, 4) is 11.5 Å². The summed E-state index contributed by atoms with van der Waals surface area (Å²) in [6.07, 6.45) is 1.74. The van der Waals surface area contributed by atoms with Crippen molar-refractivity contribution >= 4 is 86.1 Å². The third kappa shape index (κ3) is 6.10. The Bertz CT molecular complexity index is 1050. The molecule has 1 fully saturated rings. The molecule has 2 N–H and O–H groups in total. The molecule has 0 saturated carbocycles. The van der Waals surface area contributed by atoms with E-state index in [1.165, 1.54) is 11.8 Å². The van der Waals surface area contributed by atoms with E-state index in [0.29, 0.717) is 38.0 Å². The van der Waals surface area contributed by atoms with Gasteiger partial charge in [0.1, 0.15) is 4.32 Å². The predicted octanol–water partition coefficient (Wildman–Crippen LogP) is 4.85. The second kappa shape index (κ2) is 10.5. The molecule has 2 aromatic carbocycles. The van der Waals surface area contributed by atoms with E-state index < -0.39 is 0 Å². The lowest BCUT2D eigenvalue weighted by molar-refractivity contribution is -0.118. The number of carbonyl (C=O) groups excluding carboxylic acids is 2. The van der Waals surface area contributed by atoms with Gasteiger partial charge in [-0.2, -0.15) is 0 Å². The fourth-order valence-electron chi connectivity index (χ4n) is 2.55. The van der Waals surface area contributed by atoms with Crippen LogP contribution in [0.25, 0.3) is 6.08 Å². The van der Waals surface area contributed by atoms with Crippen LogP contribution in [0.2, 0.25) is 5.02 Å². The summed E-state index contributed by atoms with van der Waals surface area (Å²) in [5.41, 5.74) is 1.35. The number of amides is 2. The monoisotopic (exact) mass is 574 g/mol. The Morgan fingerprint density at radius 2 is 2.13 bits per heavy atom. The molecule has 1 aliphatic heterocycles. The van der Waals surface area contributed by atoms with E-state index in [2.05, 4.69) is 33.2 Å². The fourth-order valence-corrected chi connectivity index (χ4v) is 4.56. The number of benzene rings is 2. The van der Waals surface area contributed by atoms with Crippen molar-refractivity contribution in [1.29, 1.82) is 0 Å². The van der Waals surface area contributed by atoms with Gasteiger partial charge in [0.05, 0.1) is 15.1 Å². The minimum absolute atomic E-state index is 0.199. The number of ether oxygens (including phenoxy) is 2. The first-order valence-corrected chi connectivity index (χ1v) is 11.4. The summed E-state index contributed by atoms with van der Waals surface area (Å²) >= 11 is 14.3. The Kier molecular flexibility index (Phi) is 7.98. The van der Waals surface area contributed by atoms with Gasteiger partial charge in [-0.15, -0.1) is 0 Å². The Labute approximate surface area is 201 Å². The highest BCUT2D eigenvalue weighted by atomic mass is 127. The zero-order valence-electron chi connectivity index (χ0n) is 15.7. The molecule has 2 aromatic rings. The Morgan fingerprint density at radius 1 is 1.33 bits per heavy atom. The van der Waals surface area contributed by atoms with Crippen molar-refractivity contribution in [2.45, 2.75) is 6.92 Å². The molecule has 0 aliphatic carbocycles. The van der Waals surface area contributed by atoms with Crippen molar-refractivity contribution < 1.29 is 19.1 Å². The Balaban J connectivity index is 1.75. The maximum absolute atomic E-state index is 12.3. The molecule has 1 saturated heterocycles. The summed E-state index contributed by atoms with van der Waals surface area (Å²) < 4.78 is 12.6. The molecule has 0 radical (unpaired) electrons. The highest BCUT2D eigenvalue weighted by Crippen LogP contribution is 2.36. The van der Waals surface area contributed by atoms with Gasteiger partial charge in [0.15, 0.2) is 18.1 Å². The van der Waals surface area contributed by atoms with Crippen molar-refractivity contribution in [2.75, 3.05) is 18.5 Å². The molecule has 156 valence electrons. The largest absolute Gasteiger partial charge is 0.490 e. The molecule has 0 spiro atoms. The quantitative estimate of drug-likeness (QED) is 0.280. The summed E-state index contributed by atoms with van der Waals surface area (Å²) in [4.78, 5) is 24.7. The number of thioether (sulfide) groups is 1. The molecule has 0 aromatic heterocycles. The topological polar surface area (TPSA) is 76.7 Å². The van der Waals surface area contributed by atoms with Gasteiger partial charge in [0, 0.05) is 10.7 Å². The number of thiocarbonyl (C=S) groups is 1. The zero-order valence-corrected chi connectivity index (χ0v) is 20.2. The summed E-state index contributed by atoms with van der Waals surface area (Å²) in [6.45, 7) is 2.07. The molecule has 2 amide bonds. The van der Waals surface area contributed by atoms with Crippen LogP contribution in [0.4, 0.5) is 5.69 Å². The molecular weight excluding hydrogens is 559 g/mol. The molecule has 0 bridgehead atoms. The number of carbonyl (C=O) groups is 2. The molecule has 0 unspecified atom stereocenters. The fraction of sp³-hybridized carbons (Fsp3) is 0.150. The smallest absolute Gasteiger partial charge is 0.263 e.